The minimum Gasteiger partial charge on any atom is -0.397 e. The average molecular weight is 315 g/mol. The molecular formula is C13H19BrN2O2. The summed E-state index contributed by atoms with van der Waals surface area (Å²) in [4.78, 5) is 12.2. The van der Waals surface area contributed by atoms with Crippen molar-refractivity contribution in [2.75, 3.05) is 18.2 Å². The van der Waals surface area contributed by atoms with Gasteiger partial charge in [0.25, 0.3) is 5.91 Å². The molecule has 0 bridgehead atoms. The predicted molar refractivity (Wildman–Crippen MR) is 77.6 cm³/mol. The van der Waals surface area contributed by atoms with Crippen LogP contribution in [0.4, 0.5) is 11.4 Å². The summed E-state index contributed by atoms with van der Waals surface area (Å²) in [5, 5.41) is 2.81. The summed E-state index contributed by atoms with van der Waals surface area (Å²) in [6.45, 7) is 5.59. The number of nitrogens with one attached hydrogen (secondary N) is 1. The molecule has 100 valence electrons. The number of nitrogen functional groups attached to an aromatic ring is 1. The van der Waals surface area contributed by atoms with Crippen molar-refractivity contribution in [3.05, 3.63) is 22.2 Å². The lowest BCUT2D eigenvalue weighted by Gasteiger charge is -2.26. The summed E-state index contributed by atoms with van der Waals surface area (Å²) in [7, 11) is 1.52. The van der Waals surface area contributed by atoms with Crippen molar-refractivity contribution in [3.8, 4) is 0 Å². The molecule has 1 amide bonds. The highest BCUT2D eigenvalue weighted by molar-refractivity contribution is 9.10. The van der Waals surface area contributed by atoms with Crippen LogP contribution >= 0.6 is 15.9 Å². The molecular weight excluding hydrogens is 296 g/mol. The monoisotopic (exact) mass is 314 g/mol. The third-order valence-corrected chi connectivity index (χ3v) is 3.73. The molecule has 0 saturated carbocycles. The zero-order valence-corrected chi connectivity index (χ0v) is 12.7. The Kier molecular flexibility index (Phi) is 4.76. The number of benzene rings is 1. The Hall–Kier alpha value is -1.07. The molecule has 0 radical (unpaired) electrons. The fourth-order valence-corrected chi connectivity index (χ4v) is 2.23. The summed E-state index contributed by atoms with van der Waals surface area (Å²) >= 11 is 3.40. The van der Waals surface area contributed by atoms with E-state index in [9.17, 15) is 4.79 Å². The maximum Gasteiger partial charge on any atom is 0.256 e. The Morgan fingerprint density at radius 3 is 2.61 bits per heavy atom. The summed E-state index contributed by atoms with van der Waals surface area (Å²) < 4.78 is 6.02. The van der Waals surface area contributed by atoms with Gasteiger partial charge in [0.2, 0.25) is 0 Å². The number of hydrogen-bond donors (Lipinski definition) is 2. The molecule has 1 aromatic carbocycles. The van der Waals surface area contributed by atoms with Gasteiger partial charge >= 0.3 is 0 Å². The van der Waals surface area contributed by atoms with Gasteiger partial charge in [-0.15, -0.1) is 0 Å². The molecule has 0 saturated heterocycles. The second-order valence-corrected chi connectivity index (χ2v) is 5.31. The fourth-order valence-electron chi connectivity index (χ4n) is 1.54. The minimum atomic E-state index is -0.850. The molecule has 0 fully saturated rings. The molecule has 0 heterocycles. The van der Waals surface area contributed by atoms with Gasteiger partial charge in [0.1, 0.15) is 5.60 Å². The van der Waals surface area contributed by atoms with Gasteiger partial charge in [-0.05, 0) is 53.9 Å². The van der Waals surface area contributed by atoms with Crippen LogP contribution < -0.4 is 11.1 Å². The van der Waals surface area contributed by atoms with Crippen LogP contribution in [0.2, 0.25) is 0 Å². The number of amides is 1. The lowest BCUT2D eigenvalue weighted by Crippen LogP contribution is -2.41. The molecule has 1 unspecified atom stereocenters. The van der Waals surface area contributed by atoms with Crippen LogP contribution in [0.3, 0.4) is 0 Å². The number of rotatable bonds is 4. The molecule has 0 aliphatic rings. The first kappa shape index (κ1) is 15.0. The topological polar surface area (TPSA) is 64.3 Å². The molecule has 4 nitrogen and oxygen atoms in total. The molecule has 0 aromatic heterocycles. The largest absolute Gasteiger partial charge is 0.397 e. The van der Waals surface area contributed by atoms with Crippen molar-refractivity contribution in [1.29, 1.82) is 0 Å². The molecule has 1 aromatic rings. The van der Waals surface area contributed by atoms with Crippen LogP contribution in [-0.4, -0.2) is 18.6 Å². The van der Waals surface area contributed by atoms with E-state index in [1.165, 1.54) is 7.11 Å². The van der Waals surface area contributed by atoms with Gasteiger partial charge in [0.05, 0.1) is 11.4 Å². The van der Waals surface area contributed by atoms with Gasteiger partial charge in [-0.3, -0.25) is 4.79 Å². The SMILES string of the molecule is CCC(C)(OC)C(=O)Nc1c(N)cc(C)cc1Br. The van der Waals surface area contributed by atoms with E-state index in [0.717, 1.165) is 10.0 Å². The first-order valence-corrected chi connectivity index (χ1v) is 6.55. The Balaban J connectivity index is 3.02. The van der Waals surface area contributed by atoms with Crippen LogP contribution in [0.5, 0.6) is 0 Å². The van der Waals surface area contributed by atoms with Crippen molar-refractivity contribution >= 4 is 33.2 Å². The second kappa shape index (κ2) is 5.71. The van der Waals surface area contributed by atoms with Gasteiger partial charge in [-0.2, -0.15) is 0 Å². The average Bonchev–Trinajstić information content (AvgIpc) is 2.32. The maximum absolute atomic E-state index is 12.2. The Morgan fingerprint density at radius 2 is 2.17 bits per heavy atom. The van der Waals surface area contributed by atoms with Crippen LogP contribution in [0.25, 0.3) is 0 Å². The van der Waals surface area contributed by atoms with E-state index in [-0.39, 0.29) is 5.91 Å². The lowest BCUT2D eigenvalue weighted by molar-refractivity contribution is -0.136. The fraction of sp³-hybridized carbons (Fsp3) is 0.462. The highest BCUT2D eigenvalue weighted by atomic mass is 79.9. The highest BCUT2D eigenvalue weighted by Crippen LogP contribution is 2.31. The number of anilines is 2. The molecule has 1 atom stereocenters. The quantitative estimate of drug-likeness (QED) is 0.839. The molecule has 1 rings (SSSR count). The number of ether oxygens (including phenoxy) is 1. The standard InChI is InChI=1S/C13H19BrN2O2/c1-5-13(3,18-4)12(17)16-11-9(14)6-8(2)7-10(11)15/h6-7H,5,15H2,1-4H3,(H,16,17). The van der Waals surface area contributed by atoms with Crippen LogP contribution in [-0.2, 0) is 9.53 Å². The zero-order valence-electron chi connectivity index (χ0n) is 11.1. The third kappa shape index (κ3) is 3.03. The molecule has 0 aliphatic carbocycles. The van der Waals surface area contributed by atoms with Crippen molar-refractivity contribution in [3.63, 3.8) is 0 Å². The summed E-state index contributed by atoms with van der Waals surface area (Å²) in [5.41, 5.74) is 7.21. The lowest BCUT2D eigenvalue weighted by atomic mass is 10.0. The number of carbonyl (C=O) groups excluding carboxylic acids is 1. The van der Waals surface area contributed by atoms with Crippen molar-refractivity contribution in [2.24, 2.45) is 0 Å². The normalized spacial score (nSPS) is 14.1. The van der Waals surface area contributed by atoms with Crippen molar-refractivity contribution < 1.29 is 9.53 Å². The molecule has 5 heteroatoms. The van der Waals surface area contributed by atoms with Crippen molar-refractivity contribution in [2.45, 2.75) is 32.8 Å². The van der Waals surface area contributed by atoms with E-state index >= 15 is 0 Å². The Labute approximate surface area is 116 Å². The summed E-state index contributed by atoms with van der Waals surface area (Å²) in [6, 6.07) is 3.72. The first-order chi connectivity index (χ1) is 8.34. The number of carbonyl (C=O) groups is 1. The number of aryl methyl sites for hydroxylation is 1. The van der Waals surface area contributed by atoms with E-state index in [4.69, 9.17) is 10.5 Å². The molecule has 0 spiro atoms. The van der Waals surface area contributed by atoms with E-state index in [1.54, 1.807) is 6.92 Å². The number of nitrogens with two attached hydrogens (primary N) is 1. The van der Waals surface area contributed by atoms with E-state index in [0.29, 0.717) is 17.8 Å². The number of methoxy groups -OCH3 is 1. The van der Waals surface area contributed by atoms with Gasteiger partial charge in [-0.1, -0.05) is 6.92 Å². The molecule has 0 aliphatic heterocycles. The second-order valence-electron chi connectivity index (χ2n) is 4.45. The van der Waals surface area contributed by atoms with Gasteiger partial charge in [-0.25, -0.2) is 0 Å². The zero-order chi connectivity index (χ0) is 13.9. The smallest absolute Gasteiger partial charge is 0.256 e. The Morgan fingerprint density at radius 1 is 1.56 bits per heavy atom. The first-order valence-electron chi connectivity index (χ1n) is 5.76. The van der Waals surface area contributed by atoms with Gasteiger partial charge in [0.15, 0.2) is 0 Å². The van der Waals surface area contributed by atoms with E-state index in [2.05, 4.69) is 21.2 Å². The van der Waals surface area contributed by atoms with E-state index < -0.39 is 5.60 Å². The van der Waals surface area contributed by atoms with Crippen molar-refractivity contribution in [1.82, 2.24) is 0 Å². The van der Waals surface area contributed by atoms with Crippen LogP contribution in [0.15, 0.2) is 16.6 Å². The molecule has 18 heavy (non-hydrogen) atoms. The minimum absolute atomic E-state index is 0.205. The summed E-state index contributed by atoms with van der Waals surface area (Å²) in [6.07, 6.45) is 0.582. The van der Waals surface area contributed by atoms with Gasteiger partial charge < -0.3 is 15.8 Å². The highest BCUT2D eigenvalue weighted by Gasteiger charge is 2.31. The third-order valence-electron chi connectivity index (χ3n) is 3.11. The molecule has 3 N–H and O–H groups in total. The number of halogens is 1. The number of hydrogen-bond acceptors (Lipinski definition) is 3. The predicted octanol–water partition coefficient (Wildman–Crippen LogP) is 3.09. The van der Waals surface area contributed by atoms with Gasteiger partial charge in [0, 0.05) is 11.6 Å². The Bertz CT molecular complexity index is 433. The van der Waals surface area contributed by atoms with Crippen LogP contribution in [0.1, 0.15) is 25.8 Å². The maximum atomic E-state index is 12.2. The summed E-state index contributed by atoms with van der Waals surface area (Å²) in [5.74, 6) is -0.205. The van der Waals surface area contributed by atoms with E-state index in [1.807, 2.05) is 26.0 Å². The van der Waals surface area contributed by atoms with Crippen LogP contribution in [0, 0.1) is 6.92 Å².